The molecule has 7 nitrogen and oxygen atoms in total. The molecule has 8 heteroatoms. The molecule has 0 radical (unpaired) electrons. The highest BCUT2D eigenvalue weighted by Crippen LogP contribution is 2.34. The number of rotatable bonds is 4. The Morgan fingerprint density at radius 3 is 2.62 bits per heavy atom. The summed E-state index contributed by atoms with van der Waals surface area (Å²) in [5.74, 6) is 1.19. The van der Waals surface area contributed by atoms with Gasteiger partial charge in [-0.2, -0.15) is 0 Å². The molecule has 4 rings (SSSR count). The number of benzene rings is 1. The van der Waals surface area contributed by atoms with Crippen LogP contribution in [0.2, 0.25) is 0 Å². The minimum Gasteiger partial charge on any atom is -0.486 e. The average Bonchev–Trinajstić information content (AvgIpc) is 3.18. The summed E-state index contributed by atoms with van der Waals surface area (Å²) in [5, 5.41) is 2.59. The number of nitrogens with two attached hydrogens (primary N) is 1. The summed E-state index contributed by atoms with van der Waals surface area (Å²) in [6, 6.07) is 6.50. The van der Waals surface area contributed by atoms with Gasteiger partial charge in [-0.1, -0.05) is 6.07 Å². The number of hydrogen-bond acceptors (Lipinski definition) is 7. The summed E-state index contributed by atoms with van der Waals surface area (Å²) in [4.78, 5) is 20.2. The molecule has 138 valence electrons. The number of hydrogen-bond donors (Lipinski definition) is 1. The molecule has 1 fully saturated rings. The quantitative estimate of drug-likeness (QED) is 0.880. The summed E-state index contributed by atoms with van der Waals surface area (Å²) in [5.41, 5.74) is 6.86. The number of carbonyl (C=O) groups excluding carboxylic acids is 1. The van der Waals surface area contributed by atoms with E-state index in [0.717, 1.165) is 42.8 Å². The first kappa shape index (κ1) is 17.1. The second kappa shape index (κ2) is 7.13. The van der Waals surface area contributed by atoms with Gasteiger partial charge in [-0.3, -0.25) is 9.69 Å². The molecule has 2 aliphatic rings. The van der Waals surface area contributed by atoms with Crippen LogP contribution in [0.1, 0.15) is 29.0 Å². The fraction of sp³-hybridized carbons (Fsp3) is 0.444. The molecule has 0 saturated carbocycles. The molecule has 0 aliphatic carbocycles. The Kier molecular flexibility index (Phi) is 4.69. The molecule has 0 unspecified atom stereocenters. The summed E-state index contributed by atoms with van der Waals surface area (Å²) < 4.78 is 11.3. The van der Waals surface area contributed by atoms with E-state index in [9.17, 15) is 4.79 Å². The standard InChI is InChI=1S/C18H22N4O3S/c1-12(13-2-3-15-16(10-13)25-9-8-24-15)21-4-6-22(7-5-21)18-20-14(11-26-18)17(19)23/h2-3,10-12H,4-9H2,1H3,(H2,19,23)/t12-/m1/s1. The molecular formula is C18H22N4O3S. The van der Waals surface area contributed by atoms with Gasteiger partial charge >= 0.3 is 0 Å². The Morgan fingerprint density at radius 1 is 1.19 bits per heavy atom. The number of thiazole rings is 1. The highest BCUT2D eigenvalue weighted by molar-refractivity contribution is 7.13. The van der Waals surface area contributed by atoms with Crippen LogP contribution in [0.25, 0.3) is 0 Å². The Labute approximate surface area is 156 Å². The monoisotopic (exact) mass is 374 g/mol. The maximum Gasteiger partial charge on any atom is 0.268 e. The van der Waals surface area contributed by atoms with Gasteiger partial charge in [0.25, 0.3) is 5.91 Å². The third kappa shape index (κ3) is 3.34. The van der Waals surface area contributed by atoms with Crippen molar-refractivity contribution in [1.82, 2.24) is 9.88 Å². The van der Waals surface area contributed by atoms with E-state index in [1.54, 1.807) is 5.38 Å². The number of primary amides is 1. The minimum absolute atomic E-state index is 0.297. The lowest BCUT2D eigenvalue weighted by atomic mass is 10.1. The lowest BCUT2D eigenvalue weighted by Gasteiger charge is -2.38. The predicted molar refractivity (Wildman–Crippen MR) is 100 cm³/mol. The molecule has 26 heavy (non-hydrogen) atoms. The molecule has 2 aliphatic heterocycles. The van der Waals surface area contributed by atoms with E-state index in [1.165, 1.54) is 16.9 Å². The van der Waals surface area contributed by atoms with Crippen LogP contribution in [0.3, 0.4) is 0 Å². The van der Waals surface area contributed by atoms with E-state index in [-0.39, 0.29) is 0 Å². The van der Waals surface area contributed by atoms with Gasteiger partial charge in [0.15, 0.2) is 16.6 Å². The van der Waals surface area contributed by atoms with Gasteiger partial charge < -0.3 is 20.1 Å². The molecule has 0 bridgehead atoms. The van der Waals surface area contributed by atoms with Crippen LogP contribution in [0.5, 0.6) is 11.5 Å². The van der Waals surface area contributed by atoms with E-state index >= 15 is 0 Å². The van der Waals surface area contributed by atoms with Crippen molar-refractivity contribution in [2.45, 2.75) is 13.0 Å². The topological polar surface area (TPSA) is 80.9 Å². The van der Waals surface area contributed by atoms with Crippen molar-refractivity contribution in [3.8, 4) is 11.5 Å². The van der Waals surface area contributed by atoms with Gasteiger partial charge in [0, 0.05) is 37.6 Å². The van der Waals surface area contributed by atoms with Crippen molar-refractivity contribution in [3.05, 3.63) is 34.8 Å². The minimum atomic E-state index is -0.474. The van der Waals surface area contributed by atoms with Crippen LogP contribution in [0.4, 0.5) is 5.13 Å². The summed E-state index contributed by atoms with van der Waals surface area (Å²) in [7, 11) is 0. The molecule has 1 atom stereocenters. The van der Waals surface area contributed by atoms with Crippen LogP contribution in [-0.4, -0.2) is 55.2 Å². The third-order valence-electron chi connectivity index (χ3n) is 4.93. The molecule has 0 spiro atoms. The van der Waals surface area contributed by atoms with E-state index < -0.39 is 5.91 Å². The molecular weight excluding hydrogens is 352 g/mol. The lowest BCUT2D eigenvalue weighted by Crippen LogP contribution is -2.47. The fourth-order valence-electron chi connectivity index (χ4n) is 3.35. The van der Waals surface area contributed by atoms with Crippen LogP contribution < -0.4 is 20.1 Å². The smallest absolute Gasteiger partial charge is 0.268 e. The predicted octanol–water partition coefficient (Wildman–Crippen LogP) is 1.90. The number of piperazine rings is 1. The normalized spacial score (nSPS) is 18.6. The highest BCUT2D eigenvalue weighted by Gasteiger charge is 2.25. The summed E-state index contributed by atoms with van der Waals surface area (Å²) in [6.45, 7) is 7.04. The molecule has 1 saturated heterocycles. The van der Waals surface area contributed by atoms with Gasteiger partial charge in [0.1, 0.15) is 18.9 Å². The maximum atomic E-state index is 11.2. The number of amides is 1. The number of aromatic nitrogens is 1. The van der Waals surface area contributed by atoms with Gasteiger partial charge in [-0.25, -0.2) is 4.98 Å². The zero-order valence-electron chi connectivity index (χ0n) is 14.7. The van der Waals surface area contributed by atoms with Gasteiger partial charge in [-0.05, 0) is 24.6 Å². The van der Waals surface area contributed by atoms with E-state index in [0.29, 0.717) is 24.9 Å². The highest BCUT2D eigenvalue weighted by atomic mass is 32.1. The third-order valence-corrected chi connectivity index (χ3v) is 5.83. The van der Waals surface area contributed by atoms with Gasteiger partial charge in [-0.15, -0.1) is 11.3 Å². The molecule has 1 amide bonds. The van der Waals surface area contributed by atoms with E-state index in [2.05, 4.69) is 33.8 Å². The first-order chi connectivity index (χ1) is 12.6. The van der Waals surface area contributed by atoms with Crippen molar-refractivity contribution < 1.29 is 14.3 Å². The molecule has 1 aromatic heterocycles. The number of carbonyl (C=O) groups is 1. The SMILES string of the molecule is C[C@H](c1ccc2c(c1)OCCO2)N1CCN(c2nc(C(N)=O)cs2)CC1. The van der Waals surface area contributed by atoms with Crippen molar-refractivity contribution in [3.63, 3.8) is 0 Å². The van der Waals surface area contributed by atoms with Gasteiger partial charge in [0.2, 0.25) is 0 Å². The molecule has 1 aromatic carbocycles. The largest absolute Gasteiger partial charge is 0.486 e. The van der Waals surface area contributed by atoms with Crippen LogP contribution in [0.15, 0.2) is 23.6 Å². The number of ether oxygens (including phenoxy) is 2. The molecule has 2 aromatic rings. The maximum absolute atomic E-state index is 11.2. The lowest BCUT2D eigenvalue weighted by molar-refractivity contribution is 0.0996. The van der Waals surface area contributed by atoms with E-state index in [1.807, 2.05) is 6.07 Å². The van der Waals surface area contributed by atoms with Crippen molar-refractivity contribution in [1.29, 1.82) is 0 Å². The molecule has 3 heterocycles. The number of fused-ring (bicyclic) bond motifs is 1. The Hall–Kier alpha value is -2.32. The zero-order chi connectivity index (χ0) is 18.1. The Morgan fingerprint density at radius 2 is 1.92 bits per heavy atom. The zero-order valence-corrected chi connectivity index (χ0v) is 15.5. The fourth-order valence-corrected chi connectivity index (χ4v) is 4.22. The van der Waals surface area contributed by atoms with Crippen molar-refractivity contribution in [2.24, 2.45) is 5.73 Å². The van der Waals surface area contributed by atoms with E-state index in [4.69, 9.17) is 15.2 Å². The van der Waals surface area contributed by atoms with Crippen LogP contribution >= 0.6 is 11.3 Å². The number of anilines is 1. The Balaban J connectivity index is 1.40. The first-order valence-corrected chi connectivity index (χ1v) is 9.63. The van der Waals surface area contributed by atoms with Crippen LogP contribution in [0, 0.1) is 0 Å². The van der Waals surface area contributed by atoms with Crippen molar-refractivity contribution in [2.75, 3.05) is 44.3 Å². The van der Waals surface area contributed by atoms with Crippen molar-refractivity contribution >= 4 is 22.4 Å². The van der Waals surface area contributed by atoms with Crippen LogP contribution in [-0.2, 0) is 0 Å². The second-order valence-electron chi connectivity index (χ2n) is 6.48. The second-order valence-corrected chi connectivity index (χ2v) is 7.32. The summed E-state index contributed by atoms with van der Waals surface area (Å²) >= 11 is 1.47. The average molecular weight is 374 g/mol. The Bertz CT molecular complexity index is 801. The first-order valence-electron chi connectivity index (χ1n) is 8.75. The van der Waals surface area contributed by atoms with Gasteiger partial charge in [0.05, 0.1) is 0 Å². The molecule has 2 N–H and O–H groups in total. The number of nitrogens with zero attached hydrogens (tertiary/aromatic N) is 3. The summed E-state index contributed by atoms with van der Waals surface area (Å²) in [6.07, 6.45) is 0.